The van der Waals surface area contributed by atoms with Gasteiger partial charge in [0.05, 0.1) is 51.8 Å². The highest BCUT2D eigenvalue weighted by Gasteiger charge is 2.19. The summed E-state index contributed by atoms with van der Waals surface area (Å²) in [5, 5.41) is 29.0. The molecule has 0 aliphatic carbocycles. The first-order chi connectivity index (χ1) is 21.9. The maximum atomic E-state index is 12.4. The van der Waals surface area contributed by atoms with Gasteiger partial charge in [0, 0.05) is 50.6 Å². The number of nitrogens with one attached hydrogen (secondary N) is 3. The molecule has 0 fully saturated rings. The van der Waals surface area contributed by atoms with Gasteiger partial charge >= 0.3 is 5.97 Å². The van der Waals surface area contributed by atoms with Crippen LogP contribution in [0.3, 0.4) is 0 Å². The van der Waals surface area contributed by atoms with Crippen LogP contribution >= 0.6 is 0 Å². The second-order valence-corrected chi connectivity index (χ2v) is 12.0. The Morgan fingerprint density at radius 2 is 1.59 bits per heavy atom. The van der Waals surface area contributed by atoms with Crippen molar-refractivity contribution in [3.8, 4) is 5.75 Å². The highest BCUT2D eigenvalue weighted by atomic mass is 16.5. The highest BCUT2D eigenvalue weighted by molar-refractivity contribution is 5.87. The molecule has 0 aromatic heterocycles. The maximum absolute atomic E-state index is 12.4. The molecule has 0 aliphatic rings. The number of hydrogen-bond acceptors (Lipinski definition) is 11. The Bertz CT molecular complexity index is 1060. The molecule has 46 heavy (non-hydrogen) atoms. The maximum Gasteiger partial charge on any atom is 0.311 e. The summed E-state index contributed by atoms with van der Waals surface area (Å²) in [6.07, 6.45) is 1.38. The number of carbonyl (C=O) groups is 4. The van der Waals surface area contributed by atoms with Crippen LogP contribution in [0.4, 0.5) is 0 Å². The molecule has 1 aromatic rings. The minimum atomic E-state index is -0.800. The molecular formula is C33H55N3O10. The summed E-state index contributed by atoms with van der Waals surface area (Å²) in [7, 11) is 1.60. The van der Waals surface area contributed by atoms with E-state index in [-0.39, 0.29) is 61.2 Å². The van der Waals surface area contributed by atoms with E-state index in [0.717, 1.165) is 0 Å². The predicted molar refractivity (Wildman–Crippen MR) is 172 cm³/mol. The molecule has 0 bridgehead atoms. The van der Waals surface area contributed by atoms with Crippen LogP contribution in [-0.4, -0.2) is 98.6 Å². The van der Waals surface area contributed by atoms with Gasteiger partial charge < -0.3 is 45.1 Å². The third-order valence-electron chi connectivity index (χ3n) is 6.82. The number of unbranched alkanes of at least 4 members (excludes halogenated alkanes) is 1. The number of Topliss-reactive ketones (excluding diaryl/α,β-unsaturated/α-hetero) is 1. The number of ketones is 1. The molecule has 2 atom stereocenters. The Kier molecular flexibility index (Phi) is 20.9. The second kappa shape index (κ2) is 23.4. The molecule has 5 N–H and O–H groups in total. The van der Waals surface area contributed by atoms with Gasteiger partial charge in [-0.05, 0) is 71.1 Å². The van der Waals surface area contributed by atoms with Gasteiger partial charge in [-0.15, -0.1) is 0 Å². The second-order valence-electron chi connectivity index (χ2n) is 12.0. The van der Waals surface area contributed by atoms with Crippen LogP contribution in [-0.2, 0) is 40.0 Å². The number of ether oxygens (including phenoxy) is 4. The van der Waals surface area contributed by atoms with Crippen LogP contribution < -0.4 is 20.7 Å². The van der Waals surface area contributed by atoms with Crippen LogP contribution in [0.2, 0.25) is 0 Å². The smallest absolute Gasteiger partial charge is 0.311 e. The van der Waals surface area contributed by atoms with E-state index in [1.807, 2.05) is 20.8 Å². The van der Waals surface area contributed by atoms with Crippen molar-refractivity contribution in [1.29, 1.82) is 0 Å². The molecular weight excluding hydrogens is 598 g/mol. The van der Waals surface area contributed by atoms with Crippen molar-refractivity contribution < 1.29 is 48.3 Å². The summed E-state index contributed by atoms with van der Waals surface area (Å²) in [6, 6.07) is 4.13. The van der Waals surface area contributed by atoms with Gasteiger partial charge in [0.1, 0.15) is 5.75 Å². The van der Waals surface area contributed by atoms with Crippen molar-refractivity contribution in [3.05, 3.63) is 29.3 Å². The summed E-state index contributed by atoms with van der Waals surface area (Å²) < 4.78 is 20.9. The summed E-state index contributed by atoms with van der Waals surface area (Å²) >= 11 is 0. The largest absolute Gasteiger partial charge is 0.426 e. The van der Waals surface area contributed by atoms with E-state index in [4.69, 9.17) is 18.9 Å². The van der Waals surface area contributed by atoms with Gasteiger partial charge in [0.25, 0.3) is 0 Å². The van der Waals surface area contributed by atoms with Crippen molar-refractivity contribution in [1.82, 2.24) is 16.0 Å². The number of rotatable bonds is 25. The first-order valence-corrected chi connectivity index (χ1v) is 15.9. The Morgan fingerprint density at radius 1 is 0.891 bits per heavy atom. The average Bonchev–Trinajstić information content (AvgIpc) is 3.00. The Balaban J connectivity index is 2.31. The average molecular weight is 654 g/mol. The molecule has 0 heterocycles. The number of aliphatic hydroxyl groups is 2. The number of aliphatic hydroxyl groups excluding tert-OH is 2. The van der Waals surface area contributed by atoms with Crippen molar-refractivity contribution in [2.24, 2.45) is 0 Å². The molecule has 13 nitrogen and oxygen atoms in total. The SMILES string of the molecule is COCCOCCOCCC(=O)NCCCCC(NC(=O)CCCC(=O)Oc1ccc(C(O)CNC(C)(C)C)cc1CO)C(C)=O. The fraction of sp³-hybridized carbons (Fsp3) is 0.697. The number of hydrogen-bond donors (Lipinski definition) is 5. The van der Waals surface area contributed by atoms with Crippen LogP contribution in [0.25, 0.3) is 0 Å². The van der Waals surface area contributed by atoms with Gasteiger partial charge in [-0.3, -0.25) is 19.2 Å². The summed E-state index contributed by atoms with van der Waals surface area (Å²) in [6.45, 7) is 9.95. The van der Waals surface area contributed by atoms with E-state index < -0.39 is 18.1 Å². The highest BCUT2D eigenvalue weighted by Crippen LogP contribution is 2.24. The van der Waals surface area contributed by atoms with E-state index in [1.165, 1.54) is 13.0 Å². The quantitative estimate of drug-likeness (QED) is 0.0592. The molecule has 262 valence electrons. The van der Waals surface area contributed by atoms with Gasteiger partial charge in [0.2, 0.25) is 11.8 Å². The molecule has 2 unspecified atom stereocenters. The van der Waals surface area contributed by atoms with E-state index in [0.29, 0.717) is 76.5 Å². The molecule has 0 spiro atoms. The molecule has 0 aliphatic heterocycles. The zero-order valence-electron chi connectivity index (χ0n) is 28.2. The molecule has 1 aromatic carbocycles. The lowest BCUT2D eigenvalue weighted by atomic mass is 10.0. The van der Waals surface area contributed by atoms with Gasteiger partial charge in [-0.25, -0.2) is 0 Å². The van der Waals surface area contributed by atoms with Gasteiger partial charge in [-0.1, -0.05) is 6.07 Å². The fourth-order valence-corrected chi connectivity index (χ4v) is 4.18. The van der Waals surface area contributed by atoms with E-state index in [2.05, 4.69) is 16.0 Å². The number of methoxy groups -OCH3 is 1. The van der Waals surface area contributed by atoms with Crippen LogP contribution in [0.5, 0.6) is 5.75 Å². The van der Waals surface area contributed by atoms with Crippen molar-refractivity contribution in [3.63, 3.8) is 0 Å². The topological polar surface area (TPSA) is 182 Å². The van der Waals surface area contributed by atoms with Crippen LogP contribution in [0.1, 0.15) is 89.9 Å². The fourth-order valence-electron chi connectivity index (χ4n) is 4.18. The number of carbonyl (C=O) groups excluding carboxylic acids is 4. The Labute approximate surface area is 273 Å². The standard InChI is InChI=1S/C33H55N3O10/c1-24(38)27(9-6-7-15-34-30(40)14-16-44-19-20-45-18-17-43-5)36-31(41)10-8-11-32(42)46-29-13-12-25(21-26(29)23-37)28(39)22-35-33(2,3)4/h12-13,21,27-28,35,37,39H,6-11,14-20,22-23H2,1-5H3,(H,34,40)(H,36,41). The van der Waals surface area contributed by atoms with Crippen LogP contribution in [0, 0.1) is 0 Å². The zero-order valence-corrected chi connectivity index (χ0v) is 28.2. The van der Waals surface area contributed by atoms with Gasteiger partial charge in [0.15, 0.2) is 5.78 Å². The summed E-state index contributed by atoms with van der Waals surface area (Å²) in [5.41, 5.74) is 0.782. The molecule has 1 rings (SSSR count). The zero-order chi connectivity index (χ0) is 34.4. The van der Waals surface area contributed by atoms with E-state index in [1.54, 1.807) is 19.2 Å². The predicted octanol–water partition coefficient (Wildman–Crippen LogP) is 2.11. The third kappa shape index (κ3) is 19.5. The molecule has 0 radical (unpaired) electrons. The Morgan fingerprint density at radius 3 is 2.24 bits per heavy atom. The normalized spacial score (nSPS) is 12.8. The molecule has 0 saturated heterocycles. The van der Waals surface area contributed by atoms with Crippen molar-refractivity contribution in [2.75, 3.05) is 53.2 Å². The Hall–Kier alpha value is -2.94. The monoisotopic (exact) mass is 653 g/mol. The van der Waals surface area contributed by atoms with Crippen LogP contribution in [0.15, 0.2) is 18.2 Å². The van der Waals surface area contributed by atoms with Gasteiger partial charge in [-0.2, -0.15) is 0 Å². The van der Waals surface area contributed by atoms with Crippen molar-refractivity contribution in [2.45, 2.75) is 96.9 Å². The van der Waals surface area contributed by atoms with E-state index >= 15 is 0 Å². The first kappa shape index (κ1) is 41.1. The van der Waals surface area contributed by atoms with E-state index in [9.17, 15) is 29.4 Å². The number of amides is 2. The minimum Gasteiger partial charge on any atom is -0.426 e. The summed E-state index contributed by atoms with van der Waals surface area (Å²) in [4.78, 5) is 48.9. The number of β-amino-alcohol motifs (C(OH)–C–C–N with tert-alkyl or cyclic N) is 1. The first-order valence-electron chi connectivity index (χ1n) is 15.9. The molecule has 0 saturated carbocycles. The third-order valence-corrected chi connectivity index (χ3v) is 6.82. The summed E-state index contributed by atoms with van der Waals surface area (Å²) in [5.74, 6) is -1.00. The molecule has 13 heteroatoms. The minimum absolute atomic E-state index is 0.0319. The lowest BCUT2D eigenvalue weighted by Gasteiger charge is -2.23. The molecule has 2 amide bonds. The lowest BCUT2D eigenvalue weighted by Crippen LogP contribution is -2.39. The lowest BCUT2D eigenvalue weighted by molar-refractivity contribution is -0.134. The number of benzene rings is 1. The number of esters is 1. The van der Waals surface area contributed by atoms with Crippen molar-refractivity contribution >= 4 is 23.6 Å².